The highest BCUT2D eigenvalue weighted by Crippen LogP contribution is 2.07. The van der Waals surface area contributed by atoms with Crippen molar-refractivity contribution in [3.8, 4) is 0 Å². The van der Waals surface area contributed by atoms with Crippen molar-refractivity contribution in [1.82, 2.24) is 14.6 Å². The van der Waals surface area contributed by atoms with E-state index < -0.39 is 0 Å². The van der Waals surface area contributed by atoms with Crippen LogP contribution in [0.15, 0.2) is 23.1 Å². The minimum absolute atomic E-state index is 0.521. The Morgan fingerprint density at radius 3 is 3.08 bits per heavy atom. The summed E-state index contributed by atoms with van der Waals surface area (Å²) in [5.74, 6) is 0. The van der Waals surface area contributed by atoms with Crippen LogP contribution in [0.1, 0.15) is 5.56 Å². The van der Waals surface area contributed by atoms with E-state index in [1.807, 2.05) is 18.3 Å². The lowest BCUT2D eigenvalue weighted by Crippen LogP contribution is -1.98. The lowest BCUT2D eigenvalue weighted by atomic mass is 10.3. The summed E-state index contributed by atoms with van der Waals surface area (Å²) in [7, 11) is 0. The molecule has 0 spiro atoms. The van der Waals surface area contributed by atoms with Crippen LogP contribution < -0.4 is 5.73 Å². The smallest absolute Gasteiger partial charge is 0.218 e. The Balaban J connectivity index is 2.66. The van der Waals surface area contributed by atoms with E-state index in [1.165, 1.54) is 0 Å². The number of aromatic nitrogens is 3. The highest BCUT2D eigenvalue weighted by atomic mass is 79.9. The van der Waals surface area contributed by atoms with Crippen LogP contribution in [0.25, 0.3) is 5.65 Å². The van der Waals surface area contributed by atoms with Gasteiger partial charge in [0.1, 0.15) is 0 Å². The average Bonchev–Trinajstić information content (AvgIpc) is 2.43. The number of hydrogen-bond donors (Lipinski definition) is 1. The van der Waals surface area contributed by atoms with E-state index in [-0.39, 0.29) is 0 Å². The van der Waals surface area contributed by atoms with Gasteiger partial charge in [-0.05, 0) is 27.6 Å². The fourth-order valence-corrected chi connectivity index (χ4v) is 1.37. The Bertz CT molecular complexity index is 409. The first kappa shape index (κ1) is 7.70. The van der Waals surface area contributed by atoms with Crippen LogP contribution >= 0.6 is 15.9 Å². The summed E-state index contributed by atoms with van der Waals surface area (Å²) in [6.07, 6.45) is 1.87. The molecule has 2 aromatic rings. The van der Waals surface area contributed by atoms with E-state index in [0.717, 1.165) is 11.2 Å². The van der Waals surface area contributed by atoms with Crippen LogP contribution in [0.3, 0.4) is 0 Å². The standard InChI is InChI=1S/C7H7BrN4/c8-7-10-6-2-1-5(3-9)4-12(6)11-7/h1-2,4H,3,9H2. The van der Waals surface area contributed by atoms with Gasteiger partial charge < -0.3 is 5.73 Å². The van der Waals surface area contributed by atoms with Gasteiger partial charge in [0.2, 0.25) is 4.73 Å². The molecule has 0 bridgehead atoms. The summed E-state index contributed by atoms with van der Waals surface area (Å²) in [6, 6.07) is 3.83. The second kappa shape index (κ2) is 2.84. The average molecular weight is 227 g/mol. The molecule has 0 aromatic carbocycles. The van der Waals surface area contributed by atoms with E-state index >= 15 is 0 Å². The molecule has 0 saturated carbocycles. The van der Waals surface area contributed by atoms with Crippen LogP contribution in [-0.2, 0) is 6.54 Å². The van der Waals surface area contributed by atoms with Crippen molar-refractivity contribution >= 4 is 21.6 Å². The number of pyridine rings is 1. The summed E-state index contributed by atoms with van der Waals surface area (Å²) < 4.78 is 2.29. The minimum Gasteiger partial charge on any atom is -0.326 e. The zero-order valence-corrected chi connectivity index (χ0v) is 7.82. The third kappa shape index (κ3) is 1.21. The van der Waals surface area contributed by atoms with Crippen molar-refractivity contribution in [2.24, 2.45) is 5.73 Å². The van der Waals surface area contributed by atoms with Crippen molar-refractivity contribution < 1.29 is 0 Å². The molecule has 0 radical (unpaired) electrons. The number of fused-ring (bicyclic) bond motifs is 1. The summed E-state index contributed by atoms with van der Waals surface area (Å²) in [5.41, 5.74) is 7.33. The highest BCUT2D eigenvalue weighted by Gasteiger charge is 1.99. The van der Waals surface area contributed by atoms with Crippen LogP contribution in [-0.4, -0.2) is 14.6 Å². The normalized spacial score (nSPS) is 10.8. The van der Waals surface area contributed by atoms with Gasteiger partial charge in [0, 0.05) is 12.7 Å². The molecule has 62 valence electrons. The van der Waals surface area contributed by atoms with Gasteiger partial charge in [-0.3, -0.25) is 0 Å². The Kier molecular flexibility index (Phi) is 1.82. The molecular formula is C7H7BrN4. The van der Waals surface area contributed by atoms with Gasteiger partial charge in [0.15, 0.2) is 5.65 Å². The monoisotopic (exact) mass is 226 g/mol. The van der Waals surface area contributed by atoms with Crippen molar-refractivity contribution in [2.45, 2.75) is 6.54 Å². The molecule has 5 heteroatoms. The molecule has 0 aliphatic rings. The number of nitrogens with two attached hydrogens (primary N) is 1. The molecule has 0 atom stereocenters. The highest BCUT2D eigenvalue weighted by molar-refractivity contribution is 9.10. The molecule has 0 amide bonds. The van der Waals surface area contributed by atoms with Gasteiger partial charge in [0.25, 0.3) is 0 Å². The molecule has 2 N–H and O–H groups in total. The first-order valence-electron chi connectivity index (χ1n) is 3.50. The van der Waals surface area contributed by atoms with Crippen molar-refractivity contribution in [1.29, 1.82) is 0 Å². The topological polar surface area (TPSA) is 56.2 Å². The Labute approximate surface area is 77.5 Å². The molecule has 4 nitrogen and oxygen atoms in total. The third-order valence-corrected chi connectivity index (χ3v) is 1.94. The molecule has 2 rings (SSSR count). The number of halogens is 1. The maximum Gasteiger partial charge on any atom is 0.218 e. The van der Waals surface area contributed by atoms with Crippen LogP contribution in [0.2, 0.25) is 0 Å². The number of rotatable bonds is 1. The molecule has 2 heterocycles. The lowest BCUT2D eigenvalue weighted by molar-refractivity contribution is 0.917. The zero-order valence-electron chi connectivity index (χ0n) is 6.24. The maximum atomic E-state index is 5.47. The molecule has 0 saturated heterocycles. The van der Waals surface area contributed by atoms with Gasteiger partial charge in [0.05, 0.1) is 0 Å². The van der Waals surface area contributed by atoms with E-state index in [9.17, 15) is 0 Å². The van der Waals surface area contributed by atoms with Crippen molar-refractivity contribution in [3.63, 3.8) is 0 Å². The fraction of sp³-hybridized carbons (Fsp3) is 0.143. The molecular weight excluding hydrogens is 220 g/mol. The lowest BCUT2D eigenvalue weighted by Gasteiger charge is -1.95. The minimum atomic E-state index is 0.521. The Morgan fingerprint density at radius 2 is 2.33 bits per heavy atom. The predicted octanol–water partition coefficient (Wildman–Crippen LogP) is 0.950. The second-order valence-corrected chi connectivity index (χ2v) is 3.13. The summed E-state index contributed by atoms with van der Waals surface area (Å²) in [4.78, 5) is 4.12. The molecule has 2 aromatic heterocycles. The summed E-state index contributed by atoms with van der Waals surface area (Å²) >= 11 is 3.20. The van der Waals surface area contributed by atoms with Crippen LogP contribution in [0, 0.1) is 0 Å². The van der Waals surface area contributed by atoms with E-state index in [4.69, 9.17) is 5.73 Å². The summed E-state index contributed by atoms with van der Waals surface area (Å²) in [5, 5.41) is 4.09. The van der Waals surface area contributed by atoms with Crippen LogP contribution in [0.5, 0.6) is 0 Å². The van der Waals surface area contributed by atoms with Gasteiger partial charge in [-0.2, -0.15) is 0 Å². The van der Waals surface area contributed by atoms with Gasteiger partial charge in [-0.15, -0.1) is 5.10 Å². The van der Waals surface area contributed by atoms with E-state index in [1.54, 1.807) is 4.52 Å². The third-order valence-electron chi connectivity index (χ3n) is 1.60. The van der Waals surface area contributed by atoms with Gasteiger partial charge in [-0.25, -0.2) is 9.50 Å². The second-order valence-electron chi connectivity index (χ2n) is 2.43. The summed E-state index contributed by atoms with van der Waals surface area (Å²) in [6.45, 7) is 0.521. The van der Waals surface area contributed by atoms with Crippen molar-refractivity contribution in [2.75, 3.05) is 0 Å². The van der Waals surface area contributed by atoms with Crippen LogP contribution in [0.4, 0.5) is 0 Å². The van der Waals surface area contributed by atoms with E-state index in [0.29, 0.717) is 11.3 Å². The zero-order chi connectivity index (χ0) is 8.55. The maximum absolute atomic E-state index is 5.47. The first-order valence-corrected chi connectivity index (χ1v) is 4.30. The SMILES string of the molecule is NCc1ccc2nc(Br)nn2c1. The fourth-order valence-electron chi connectivity index (χ4n) is 1.02. The first-order chi connectivity index (χ1) is 5.79. The molecule has 0 fully saturated rings. The molecule has 0 aliphatic heterocycles. The largest absolute Gasteiger partial charge is 0.326 e. The Hall–Kier alpha value is -0.940. The molecule has 0 aliphatic carbocycles. The number of nitrogens with zero attached hydrogens (tertiary/aromatic N) is 3. The molecule has 12 heavy (non-hydrogen) atoms. The van der Waals surface area contributed by atoms with Gasteiger partial charge >= 0.3 is 0 Å². The van der Waals surface area contributed by atoms with E-state index in [2.05, 4.69) is 26.0 Å². The van der Waals surface area contributed by atoms with Crippen molar-refractivity contribution in [3.05, 3.63) is 28.6 Å². The molecule has 0 unspecified atom stereocenters. The van der Waals surface area contributed by atoms with Gasteiger partial charge in [-0.1, -0.05) is 6.07 Å². The quantitative estimate of drug-likeness (QED) is 0.788. The predicted molar refractivity (Wildman–Crippen MR) is 48.6 cm³/mol. The Morgan fingerprint density at radius 1 is 1.50 bits per heavy atom. The number of hydrogen-bond acceptors (Lipinski definition) is 3.